The minimum absolute atomic E-state index is 0.0430. The first kappa shape index (κ1) is 17.7. The van der Waals surface area contributed by atoms with Crippen molar-refractivity contribution >= 4 is 28.8 Å². The van der Waals surface area contributed by atoms with Gasteiger partial charge in [-0.1, -0.05) is 12.2 Å². The molecule has 0 aliphatic carbocycles. The maximum Gasteiger partial charge on any atom is 0.301 e. The van der Waals surface area contributed by atoms with Crippen LogP contribution in [0.5, 0.6) is 0 Å². The van der Waals surface area contributed by atoms with E-state index in [1.165, 1.54) is 18.3 Å². The number of nitro benzene ring substituents is 2. The fourth-order valence-corrected chi connectivity index (χ4v) is 2.05. The predicted molar refractivity (Wildman–Crippen MR) is 94.9 cm³/mol. The number of allylic oxidation sites excluding steroid dienone is 4. The quantitative estimate of drug-likeness (QED) is 0.338. The molecule has 0 saturated carbocycles. The van der Waals surface area contributed by atoms with Crippen molar-refractivity contribution in [1.29, 1.82) is 0 Å². The Kier molecular flexibility index (Phi) is 5.83. The molecule has 0 fully saturated rings. The highest BCUT2D eigenvalue weighted by Crippen LogP contribution is 2.31. The van der Waals surface area contributed by atoms with Crippen LogP contribution >= 0.6 is 0 Å². The van der Waals surface area contributed by atoms with Crippen LogP contribution in [-0.4, -0.2) is 21.0 Å². The zero-order valence-corrected chi connectivity index (χ0v) is 13.3. The van der Waals surface area contributed by atoms with Crippen molar-refractivity contribution in [2.75, 3.05) is 0 Å². The zero-order chi connectivity index (χ0) is 18.2. The molecule has 0 atom stereocenters. The summed E-state index contributed by atoms with van der Waals surface area (Å²) in [6.07, 6.45) is 10.2. The average Bonchev–Trinajstić information content (AvgIpc) is 2.61. The van der Waals surface area contributed by atoms with E-state index in [0.29, 0.717) is 0 Å². The van der Waals surface area contributed by atoms with Gasteiger partial charge < -0.3 is 0 Å². The van der Waals surface area contributed by atoms with E-state index in [4.69, 9.17) is 0 Å². The van der Waals surface area contributed by atoms with E-state index < -0.39 is 15.5 Å². The number of aliphatic imine (C=N–C) groups is 1. The van der Waals surface area contributed by atoms with Crippen LogP contribution in [0.25, 0.3) is 5.57 Å². The van der Waals surface area contributed by atoms with Crippen molar-refractivity contribution in [2.24, 2.45) is 4.99 Å². The molecule has 2 rings (SSSR count). The van der Waals surface area contributed by atoms with Gasteiger partial charge in [0.2, 0.25) is 0 Å². The van der Waals surface area contributed by atoms with Gasteiger partial charge in [-0.15, -0.1) is 0 Å². The fourth-order valence-electron chi connectivity index (χ4n) is 2.05. The summed E-state index contributed by atoms with van der Waals surface area (Å²) in [6.45, 7) is 1.87. The Bertz CT molecular complexity index is 873. The number of rotatable bonds is 6. The van der Waals surface area contributed by atoms with Gasteiger partial charge in [0, 0.05) is 24.7 Å². The highest BCUT2D eigenvalue weighted by atomic mass is 16.6. The lowest BCUT2D eigenvalue weighted by molar-refractivity contribution is -0.393. The van der Waals surface area contributed by atoms with Gasteiger partial charge in [-0.25, -0.2) is 4.99 Å². The molecular formula is C17H14N4O4. The summed E-state index contributed by atoms with van der Waals surface area (Å²) in [5.74, 6) is 0. The smallest absolute Gasteiger partial charge is 0.265 e. The van der Waals surface area contributed by atoms with Gasteiger partial charge in [0.25, 0.3) is 5.69 Å². The summed E-state index contributed by atoms with van der Waals surface area (Å²) in [4.78, 5) is 28.5. The van der Waals surface area contributed by atoms with Crippen molar-refractivity contribution in [2.45, 2.75) is 6.92 Å². The van der Waals surface area contributed by atoms with E-state index >= 15 is 0 Å². The number of nitrogens with zero attached hydrogens (tertiary/aromatic N) is 4. The molecule has 0 N–H and O–H groups in total. The number of benzene rings is 1. The Labute approximate surface area is 143 Å². The van der Waals surface area contributed by atoms with Crippen LogP contribution in [0, 0.1) is 20.2 Å². The summed E-state index contributed by atoms with van der Waals surface area (Å²) in [5.41, 5.74) is 1.03. The molecule has 8 nitrogen and oxygen atoms in total. The van der Waals surface area contributed by atoms with Crippen LogP contribution in [0.1, 0.15) is 12.5 Å². The van der Waals surface area contributed by atoms with Crippen molar-refractivity contribution in [3.8, 4) is 0 Å². The molecule has 0 amide bonds. The molecule has 126 valence electrons. The van der Waals surface area contributed by atoms with Gasteiger partial charge in [0.1, 0.15) is 5.69 Å². The summed E-state index contributed by atoms with van der Waals surface area (Å²) >= 11 is 0. The third-order valence-electron chi connectivity index (χ3n) is 3.19. The van der Waals surface area contributed by atoms with Gasteiger partial charge in [0.15, 0.2) is 0 Å². The lowest BCUT2D eigenvalue weighted by Gasteiger charge is -2.00. The van der Waals surface area contributed by atoms with Gasteiger partial charge in [-0.05, 0) is 42.3 Å². The van der Waals surface area contributed by atoms with E-state index in [1.54, 1.807) is 18.5 Å². The molecule has 0 bridgehead atoms. The van der Waals surface area contributed by atoms with Crippen LogP contribution in [0.2, 0.25) is 0 Å². The highest BCUT2D eigenvalue weighted by molar-refractivity contribution is 5.90. The van der Waals surface area contributed by atoms with Gasteiger partial charge in [0.05, 0.1) is 15.9 Å². The zero-order valence-electron chi connectivity index (χ0n) is 13.3. The Hall–Kier alpha value is -3.68. The second kappa shape index (κ2) is 8.25. The number of pyridine rings is 1. The molecule has 0 radical (unpaired) electrons. The first-order valence-corrected chi connectivity index (χ1v) is 7.23. The van der Waals surface area contributed by atoms with Gasteiger partial charge >= 0.3 is 5.69 Å². The number of hydrogen-bond acceptors (Lipinski definition) is 6. The minimum atomic E-state index is -0.695. The number of hydrogen-bond donors (Lipinski definition) is 0. The molecule has 8 heteroatoms. The van der Waals surface area contributed by atoms with Gasteiger partial charge in [-0.2, -0.15) is 0 Å². The third kappa shape index (κ3) is 4.64. The van der Waals surface area contributed by atoms with Crippen LogP contribution < -0.4 is 0 Å². The highest BCUT2D eigenvalue weighted by Gasteiger charge is 2.18. The second-order valence-electron chi connectivity index (χ2n) is 4.82. The van der Waals surface area contributed by atoms with Crippen LogP contribution in [0.4, 0.5) is 17.1 Å². The standard InChI is InChI=1S/C17H14N4O4/c1-2-3-13(14-6-9-18-10-7-14)8-11-19-16-5-4-15(20(22)23)12-17(16)21(24)25/h2-12H,1H3/b3-2-,13-8+,19-11+. The molecule has 0 saturated heterocycles. The molecule has 1 aromatic carbocycles. The summed E-state index contributed by atoms with van der Waals surface area (Å²) in [6, 6.07) is 6.98. The number of non-ortho nitro benzene ring substituents is 1. The molecule has 25 heavy (non-hydrogen) atoms. The van der Waals surface area contributed by atoms with Crippen molar-refractivity contribution in [1.82, 2.24) is 4.98 Å². The largest absolute Gasteiger partial charge is 0.301 e. The fraction of sp³-hybridized carbons (Fsp3) is 0.0588. The lowest BCUT2D eigenvalue weighted by atomic mass is 10.1. The number of aromatic nitrogens is 1. The lowest BCUT2D eigenvalue weighted by Crippen LogP contribution is -1.92. The molecule has 0 spiro atoms. The first-order valence-electron chi connectivity index (χ1n) is 7.23. The molecule has 1 heterocycles. The Morgan fingerprint density at radius 3 is 2.44 bits per heavy atom. The summed E-state index contributed by atoms with van der Waals surface area (Å²) < 4.78 is 0. The van der Waals surface area contributed by atoms with Gasteiger partial charge in [-0.3, -0.25) is 25.2 Å². The second-order valence-corrected chi connectivity index (χ2v) is 4.82. The van der Waals surface area contributed by atoms with E-state index in [2.05, 4.69) is 9.98 Å². The Balaban J connectivity index is 2.37. The SMILES string of the molecule is C\C=C/C(=C\C=N\c1ccc([N+](=O)[O-])cc1[N+](=O)[O-])c1ccncc1. The van der Waals surface area contributed by atoms with Crippen molar-refractivity contribution in [3.05, 3.63) is 86.7 Å². The predicted octanol–water partition coefficient (Wildman–Crippen LogP) is 4.26. The van der Waals surface area contributed by atoms with Crippen molar-refractivity contribution < 1.29 is 9.85 Å². The van der Waals surface area contributed by atoms with E-state index in [0.717, 1.165) is 17.2 Å². The molecule has 0 aliphatic rings. The molecule has 0 unspecified atom stereocenters. The maximum absolute atomic E-state index is 11.1. The Morgan fingerprint density at radius 1 is 1.12 bits per heavy atom. The minimum Gasteiger partial charge on any atom is -0.265 e. The van der Waals surface area contributed by atoms with E-state index in [1.807, 2.05) is 31.2 Å². The molecule has 2 aromatic rings. The van der Waals surface area contributed by atoms with E-state index in [9.17, 15) is 20.2 Å². The third-order valence-corrected chi connectivity index (χ3v) is 3.19. The maximum atomic E-state index is 11.1. The topological polar surface area (TPSA) is 112 Å². The summed E-state index contributed by atoms with van der Waals surface area (Å²) in [7, 11) is 0. The normalized spacial score (nSPS) is 12.0. The molecule has 0 aliphatic heterocycles. The van der Waals surface area contributed by atoms with E-state index in [-0.39, 0.29) is 11.4 Å². The van der Waals surface area contributed by atoms with Crippen LogP contribution in [0.3, 0.4) is 0 Å². The van der Waals surface area contributed by atoms with Crippen LogP contribution in [-0.2, 0) is 0 Å². The monoisotopic (exact) mass is 338 g/mol. The molecular weight excluding hydrogens is 324 g/mol. The number of nitro groups is 2. The first-order chi connectivity index (χ1) is 12.0. The van der Waals surface area contributed by atoms with Crippen LogP contribution in [0.15, 0.2) is 65.9 Å². The van der Waals surface area contributed by atoms with Crippen molar-refractivity contribution in [3.63, 3.8) is 0 Å². The summed E-state index contributed by atoms with van der Waals surface area (Å²) in [5, 5.41) is 21.8. The Morgan fingerprint density at radius 2 is 1.84 bits per heavy atom. The average molecular weight is 338 g/mol. The molecule has 1 aromatic heterocycles.